The van der Waals surface area contributed by atoms with Crippen molar-refractivity contribution in [1.29, 1.82) is 0 Å². The van der Waals surface area contributed by atoms with Crippen LogP contribution in [0.4, 0.5) is 5.82 Å². The second-order valence-corrected chi connectivity index (χ2v) is 3.84. The van der Waals surface area contributed by atoms with E-state index < -0.39 is 0 Å². The maximum atomic E-state index is 5.68. The first-order chi connectivity index (χ1) is 8.72. The van der Waals surface area contributed by atoms with Gasteiger partial charge in [0, 0.05) is 12.6 Å². The Morgan fingerprint density at radius 3 is 2.50 bits per heavy atom. The molecule has 5 nitrogen and oxygen atoms in total. The monoisotopic (exact) mass is 247 g/mol. The van der Waals surface area contributed by atoms with Crippen LogP contribution in [-0.4, -0.2) is 16.9 Å². The molecule has 1 aromatic carbocycles. The van der Waals surface area contributed by atoms with Crippen molar-refractivity contribution < 1.29 is 9.47 Å². The molecule has 0 bridgehead atoms. The van der Waals surface area contributed by atoms with Gasteiger partial charge in [-0.25, -0.2) is 0 Å². The van der Waals surface area contributed by atoms with Crippen LogP contribution in [0.15, 0.2) is 30.3 Å². The Morgan fingerprint density at radius 1 is 1.22 bits per heavy atom. The predicted octanol–water partition coefficient (Wildman–Crippen LogP) is 2.07. The normalized spacial score (nSPS) is 10.3. The molecule has 0 aliphatic heterocycles. The summed E-state index contributed by atoms with van der Waals surface area (Å²) >= 11 is 0. The van der Waals surface area contributed by atoms with Gasteiger partial charge in [-0.2, -0.15) is 5.10 Å². The summed E-state index contributed by atoms with van der Waals surface area (Å²) in [7, 11) is 1.64. The van der Waals surface area contributed by atoms with Gasteiger partial charge in [0.2, 0.25) is 0 Å². The van der Waals surface area contributed by atoms with Crippen LogP contribution >= 0.6 is 0 Å². The lowest BCUT2D eigenvalue weighted by molar-refractivity contribution is 0.292. The van der Waals surface area contributed by atoms with E-state index in [-0.39, 0.29) is 0 Å². The van der Waals surface area contributed by atoms with Gasteiger partial charge in [0.25, 0.3) is 0 Å². The summed E-state index contributed by atoms with van der Waals surface area (Å²) in [5, 5.41) is 4.16. The number of nitrogens with zero attached hydrogens (tertiary/aromatic N) is 2. The fourth-order valence-electron chi connectivity index (χ4n) is 1.70. The van der Waals surface area contributed by atoms with E-state index in [1.165, 1.54) is 0 Å². The highest BCUT2D eigenvalue weighted by Crippen LogP contribution is 2.18. The van der Waals surface area contributed by atoms with Crippen LogP contribution in [0.3, 0.4) is 0 Å². The van der Waals surface area contributed by atoms with Crippen LogP contribution in [0.25, 0.3) is 0 Å². The van der Waals surface area contributed by atoms with Crippen LogP contribution < -0.4 is 15.2 Å². The topological polar surface area (TPSA) is 62.3 Å². The molecule has 0 saturated heterocycles. The molecule has 96 valence electrons. The van der Waals surface area contributed by atoms with E-state index in [2.05, 4.69) is 5.10 Å². The Balaban J connectivity index is 2.01. The van der Waals surface area contributed by atoms with Crippen molar-refractivity contribution in [2.45, 2.75) is 20.1 Å². The van der Waals surface area contributed by atoms with E-state index >= 15 is 0 Å². The SMILES string of the molecule is CCn1nc(N)cc1COc1ccc(OC)cc1. The van der Waals surface area contributed by atoms with E-state index in [1.807, 2.05) is 41.9 Å². The van der Waals surface area contributed by atoms with Crippen molar-refractivity contribution in [1.82, 2.24) is 9.78 Å². The van der Waals surface area contributed by atoms with Crippen LogP contribution in [0, 0.1) is 0 Å². The number of benzene rings is 1. The zero-order valence-corrected chi connectivity index (χ0v) is 10.6. The summed E-state index contributed by atoms with van der Waals surface area (Å²) in [6.07, 6.45) is 0. The number of aryl methyl sites for hydroxylation is 1. The highest BCUT2D eigenvalue weighted by atomic mass is 16.5. The second kappa shape index (κ2) is 5.44. The molecule has 0 unspecified atom stereocenters. The third-order valence-corrected chi connectivity index (χ3v) is 2.63. The fourth-order valence-corrected chi connectivity index (χ4v) is 1.70. The Bertz CT molecular complexity index is 505. The first-order valence-electron chi connectivity index (χ1n) is 5.82. The van der Waals surface area contributed by atoms with E-state index in [1.54, 1.807) is 7.11 Å². The van der Waals surface area contributed by atoms with Gasteiger partial charge < -0.3 is 15.2 Å². The van der Waals surface area contributed by atoms with Crippen molar-refractivity contribution in [2.75, 3.05) is 12.8 Å². The number of aromatic nitrogens is 2. The maximum absolute atomic E-state index is 5.68. The third kappa shape index (κ3) is 2.74. The minimum atomic E-state index is 0.449. The molecule has 1 aromatic heterocycles. The second-order valence-electron chi connectivity index (χ2n) is 3.84. The van der Waals surface area contributed by atoms with Gasteiger partial charge in [-0.3, -0.25) is 4.68 Å². The quantitative estimate of drug-likeness (QED) is 0.878. The largest absolute Gasteiger partial charge is 0.497 e. The Kier molecular flexibility index (Phi) is 3.72. The van der Waals surface area contributed by atoms with Crippen molar-refractivity contribution in [3.05, 3.63) is 36.0 Å². The molecule has 2 N–H and O–H groups in total. The summed E-state index contributed by atoms with van der Waals surface area (Å²) in [4.78, 5) is 0. The molecule has 2 rings (SSSR count). The zero-order valence-electron chi connectivity index (χ0n) is 10.6. The molecule has 0 radical (unpaired) electrons. The van der Waals surface area contributed by atoms with Crippen molar-refractivity contribution in [3.8, 4) is 11.5 Å². The fraction of sp³-hybridized carbons (Fsp3) is 0.308. The smallest absolute Gasteiger partial charge is 0.145 e. The molecule has 0 saturated carbocycles. The number of ether oxygens (including phenoxy) is 2. The van der Waals surface area contributed by atoms with E-state index in [4.69, 9.17) is 15.2 Å². The molecule has 1 heterocycles. The number of nitrogen functional groups attached to an aromatic ring is 1. The van der Waals surface area contributed by atoms with Gasteiger partial charge >= 0.3 is 0 Å². The average molecular weight is 247 g/mol. The summed E-state index contributed by atoms with van der Waals surface area (Å²) < 4.78 is 12.6. The number of rotatable bonds is 5. The average Bonchev–Trinajstić information content (AvgIpc) is 2.77. The molecule has 0 fully saturated rings. The molecule has 2 aromatic rings. The van der Waals surface area contributed by atoms with Crippen molar-refractivity contribution in [3.63, 3.8) is 0 Å². The van der Waals surface area contributed by atoms with E-state index in [0.29, 0.717) is 12.4 Å². The van der Waals surface area contributed by atoms with Crippen LogP contribution in [-0.2, 0) is 13.2 Å². The van der Waals surface area contributed by atoms with Gasteiger partial charge in [-0.1, -0.05) is 0 Å². The standard InChI is InChI=1S/C13H17N3O2/c1-3-16-10(8-13(14)15-16)9-18-12-6-4-11(17-2)5-7-12/h4-8H,3,9H2,1-2H3,(H2,14,15). The van der Waals surface area contributed by atoms with Crippen LogP contribution in [0.2, 0.25) is 0 Å². The number of hydrogen-bond donors (Lipinski definition) is 1. The molecular weight excluding hydrogens is 230 g/mol. The summed E-state index contributed by atoms with van der Waals surface area (Å²) in [6, 6.07) is 9.29. The number of hydrogen-bond acceptors (Lipinski definition) is 4. The lowest BCUT2D eigenvalue weighted by atomic mass is 10.3. The summed E-state index contributed by atoms with van der Waals surface area (Å²) in [5.41, 5.74) is 6.62. The highest BCUT2D eigenvalue weighted by Gasteiger charge is 2.05. The van der Waals surface area contributed by atoms with E-state index in [0.717, 1.165) is 23.7 Å². The molecule has 0 amide bonds. The third-order valence-electron chi connectivity index (χ3n) is 2.63. The van der Waals surface area contributed by atoms with Crippen molar-refractivity contribution in [2.24, 2.45) is 0 Å². The molecular formula is C13H17N3O2. The van der Waals surface area contributed by atoms with Crippen LogP contribution in [0.1, 0.15) is 12.6 Å². The first kappa shape index (κ1) is 12.3. The minimum absolute atomic E-state index is 0.449. The molecule has 5 heteroatoms. The predicted molar refractivity (Wildman–Crippen MR) is 69.6 cm³/mol. The number of methoxy groups -OCH3 is 1. The molecule has 0 atom stereocenters. The van der Waals surface area contributed by atoms with E-state index in [9.17, 15) is 0 Å². The summed E-state index contributed by atoms with van der Waals surface area (Å²) in [5.74, 6) is 2.12. The lowest BCUT2D eigenvalue weighted by Crippen LogP contribution is -2.06. The van der Waals surface area contributed by atoms with Gasteiger partial charge in [0.1, 0.15) is 23.9 Å². The van der Waals surface area contributed by atoms with Crippen LogP contribution in [0.5, 0.6) is 11.5 Å². The zero-order chi connectivity index (χ0) is 13.0. The maximum Gasteiger partial charge on any atom is 0.145 e. The Morgan fingerprint density at radius 2 is 1.89 bits per heavy atom. The number of nitrogens with two attached hydrogens (primary N) is 1. The van der Waals surface area contributed by atoms with Crippen molar-refractivity contribution >= 4 is 5.82 Å². The number of anilines is 1. The molecule has 0 spiro atoms. The Hall–Kier alpha value is -2.17. The van der Waals surface area contributed by atoms with Gasteiger partial charge in [0.15, 0.2) is 0 Å². The Labute approximate surface area is 106 Å². The van der Waals surface area contributed by atoms with Gasteiger partial charge in [-0.05, 0) is 31.2 Å². The van der Waals surface area contributed by atoms with Gasteiger partial charge in [0.05, 0.1) is 12.8 Å². The first-order valence-corrected chi connectivity index (χ1v) is 5.82. The molecule has 0 aliphatic carbocycles. The summed E-state index contributed by atoms with van der Waals surface area (Å²) in [6.45, 7) is 3.24. The molecule has 18 heavy (non-hydrogen) atoms. The van der Waals surface area contributed by atoms with Gasteiger partial charge in [-0.15, -0.1) is 0 Å². The lowest BCUT2D eigenvalue weighted by Gasteiger charge is -2.08. The minimum Gasteiger partial charge on any atom is -0.497 e. The molecule has 0 aliphatic rings. The highest BCUT2D eigenvalue weighted by molar-refractivity contribution is 5.32.